The van der Waals surface area contributed by atoms with E-state index in [1.165, 1.54) is 4.68 Å². The summed E-state index contributed by atoms with van der Waals surface area (Å²) in [6.07, 6.45) is 1.63. The number of methoxy groups -OCH3 is 1. The van der Waals surface area contributed by atoms with Crippen LogP contribution in [0.25, 0.3) is 22.3 Å². The summed E-state index contributed by atoms with van der Waals surface area (Å²) in [6.45, 7) is 6.45. The van der Waals surface area contributed by atoms with Gasteiger partial charge in [0, 0.05) is 37.0 Å². The van der Waals surface area contributed by atoms with Crippen LogP contribution in [0.2, 0.25) is 10.0 Å². The summed E-state index contributed by atoms with van der Waals surface area (Å²) in [4.78, 5) is 20.8. The minimum absolute atomic E-state index is 0.193. The molecule has 7 nitrogen and oxygen atoms in total. The predicted octanol–water partition coefficient (Wildman–Crippen LogP) is 8.34. The highest BCUT2D eigenvalue weighted by Gasteiger charge is 2.18. The second kappa shape index (κ2) is 13.1. The first-order valence-electron chi connectivity index (χ1n) is 14.2. The van der Waals surface area contributed by atoms with Crippen LogP contribution in [-0.4, -0.2) is 37.1 Å². The lowest BCUT2D eigenvalue weighted by Crippen LogP contribution is -2.21. The van der Waals surface area contributed by atoms with Gasteiger partial charge in [-0.1, -0.05) is 55.2 Å². The highest BCUT2D eigenvalue weighted by atomic mass is 35.5. The van der Waals surface area contributed by atoms with Gasteiger partial charge in [-0.25, -0.2) is 4.98 Å². The first kappa shape index (κ1) is 31.1. The molecular formula is C35H34Cl2N4O3. The summed E-state index contributed by atoms with van der Waals surface area (Å²) in [5.41, 5.74) is 5.57. The van der Waals surface area contributed by atoms with E-state index >= 15 is 0 Å². The fraction of sp³-hybridized carbons (Fsp3) is 0.229. The van der Waals surface area contributed by atoms with E-state index in [-0.39, 0.29) is 18.1 Å². The van der Waals surface area contributed by atoms with Gasteiger partial charge in [-0.3, -0.25) is 4.79 Å². The lowest BCUT2D eigenvalue weighted by Gasteiger charge is -2.18. The Kier molecular flexibility index (Phi) is 9.28. The quantitative estimate of drug-likeness (QED) is 0.153. The SMILES string of the molecule is COc1cc(C)c(-c2nc3ccccc3c(=O)n2N=Cc2ccc(N(C)C)cc2OCc2ccc(Cl)c(Cl)c2)cc1C(C)C. The van der Waals surface area contributed by atoms with E-state index in [4.69, 9.17) is 42.8 Å². The van der Waals surface area contributed by atoms with E-state index in [1.54, 1.807) is 31.5 Å². The van der Waals surface area contributed by atoms with Crippen molar-refractivity contribution in [1.82, 2.24) is 9.66 Å². The van der Waals surface area contributed by atoms with Gasteiger partial charge in [0.25, 0.3) is 5.56 Å². The third-order valence-corrected chi connectivity index (χ3v) is 8.14. The molecule has 0 saturated carbocycles. The Hall–Kier alpha value is -4.33. The lowest BCUT2D eigenvalue weighted by atomic mass is 9.96. The fourth-order valence-electron chi connectivity index (χ4n) is 4.92. The van der Waals surface area contributed by atoms with Crippen molar-refractivity contribution in [2.45, 2.75) is 33.3 Å². The predicted molar refractivity (Wildman–Crippen MR) is 181 cm³/mol. The van der Waals surface area contributed by atoms with Crippen LogP contribution in [0.15, 0.2) is 82.7 Å². The summed E-state index contributed by atoms with van der Waals surface area (Å²) in [5, 5.41) is 6.15. The number of hydrogen-bond acceptors (Lipinski definition) is 6. The molecule has 0 atom stereocenters. The number of ether oxygens (including phenoxy) is 2. The molecule has 9 heteroatoms. The van der Waals surface area contributed by atoms with E-state index in [0.29, 0.717) is 38.1 Å². The summed E-state index contributed by atoms with van der Waals surface area (Å²) in [5.74, 6) is 2.02. The molecule has 0 bridgehead atoms. The van der Waals surface area contributed by atoms with Crippen LogP contribution in [-0.2, 0) is 6.61 Å². The third kappa shape index (κ3) is 6.44. The summed E-state index contributed by atoms with van der Waals surface area (Å²) in [7, 11) is 5.58. The van der Waals surface area contributed by atoms with E-state index in [1.807, 2.05) is 80.5 Å². The van der Waals surface area contributed by atoms with Crippen molar-refractivity contribution in [1.29, 1.82) is 0 Å². The molecule has 0 saturated heterocycles. The average Bonchev–Trinajstić information content (AvgIpc) is 3.01. The van der Waals surface area contributed by atoms with Crippen LogP contribution in [0, 0.1) is 6.92 Å². The van der Waals surface area contributed by atoms with Crippen molar-refractivity contribution in [3.05, 3.63) is 115 Å². The Bertz CT molecular complexity index is 1930. The van der Waals surface area contributed by atoms with E-state index < -0.39 is 0 Å². The maximum absolute atomic E-state index is 13.9. The Morgan fingerprint density at radius 3 is 2.45 bits per heavy atom. The van der Waals surface area contributed by atoms with Crippen LogP contribution in [0.4, 0.5) is 5.69 Å². The number of aromatic nitrogens is 2. The van der Waals surface area contributed by atoms with Crippen molar-refractivity contribution >= 4 is 46.0 Å². The zero-order valence-corrected chi connectivity index (χ0v) is 27.1. The smallest absolute Gasteiger partial charge is 0.282 e. The molecule has 1 aromatic heterocycles. The standard InChI is InChI=1S/C35H34Cl2N4O3/c1-21(2)27-18-28(22(3)15-33(27)43-6)34-39-31-10-8-7-9-26(31)35(42)41(34)38-19-24-12-13-25(40(4)5)17-32(24)44-20-23-11-14-29(36)30(37)16-23/h7-19,21H,20H2,1-6H3. The first-order valence-corrected chi connectivity index (χ1v) is 15.0. The number of rotatable bonds is 9. The van der Waals surface area contributed by atoms with Crippen LogP contribution in [0.5, 0.6) is 11.5 Å². The number of nitrogens with zero attached hydrogens (tertiary/aromatic N) is 4. The number of anilines is 1. The van der Waals surface area contributed by atoms with Crippen molar-refractivity contribution in [2.24, 2.45) is 5.10 Å². The van der Waals surface area contributed by atoms with Gasteiger partial charge in [0.2, 0.25) is 0 Å². The summed E-state index contributed by atoms with van der Waals surface area (Å²) >= 11 is 12.3. The van der Waals surface area contributed by atoms with Crippen LogP contribution < -0.4 is 19.9 Å². The zero-order valence-electron chi connectivity index (χ0n) is 25.6. The van der Waals surface area contributed by atoms with Gasteiger partial charge in [-0.15, -0.1) is 0 Å². The molecule has 0 spiro atoms. The molecule has 5 rings (SSSR count). The summed E-state index contributed by atoms with van der Waals surface area (Å²) in [6, 6.07) is 22.5. The monoisotopic (exact) mass is 628 g/mol. The second-order valence-corrected chi connectivity index (χ2v) is 11.8. The Balaban J connectivity index is 1.64. The van der Waals surface area contributed by atoms with E-state index in [2.05, 4.69) is 13.8 Å². The minimum atomic E-state index is -0.272. The molecule has 0 radical (unpaired) electrons. The molecule has 0 aliphatic heterocycles. The number of halogens is 2. The molecule has 0 N–H and O–H groups in total. The van der Waals surface area contributed by atoms with Crippen LogP contribution >= 0.6 is 23.2 Å². The van der Waals surface area contributed by atoms with E-state index in [9.17, 15) is 4.79 Å². The van der Waals surface area contributed by atoms with Gasteiger partial charge in [-0.05, 0) is 78.1 Å². The second-order valence-electron chi connectivity index (χ2n) is 11.0. The molecule has 0 fully saturated rings. The normalized spacial score (nSPS) is 11.5. The van der Waals surface area contributed by atoms with Crippen molar-refractivity contribution in [2.75, 3.05) is 26.1 Å². The zero-order chi connectivity index (χ0) is 31.5. The van der Waals surface area contributed by atoms with Crippen molar-refractivity contribution in [3.63, 3.8) is 0 Å². The van der Waals surface area contributed by atoms with Gasteiger partial charge in [0.15, 0.2) is 5.82 Å². The lowest BCUT2D eigenvalue weighted by molar-refractivity contribution is 0.306. The number of fused-ring (bicyclic) bond motifs is 1. The van der Waals surface area contributed by atoms with Crippen LogP contribution in [0.3, 0.4) is 0 Å². The highest BCUT2D eigenvalue weighted by molar-refractivity contribution is 6.42. The summed E-state index contributed by atoms with van der Waals surface area (Å²) < 4.78 is 13.3. The van der Waals surface area contributed by atoms with Gasteiger partial charge >= 0.3 is 0 Å². The van der Waals surface area contributed by atoms with E-state index in [0.717, 1.165) is 33.7 Å². The van der Waals surface area contributed by atoms with Gasteiger partial charge in [-0.2, -0.15) is 9.78 Å². The Morgan fingerprint density at radius 1 is 0.977 bits per heavy atom. The maximum atomic E-state index is 13.9. The number of hydrogen-bond donors (Lipinski definition) is 0. The van der Waals surface area contributed by atoms with Gasteiger partial charge in [0.1, 0.15) is 18.1 Å². The first-order chi connectivity index (χ1) is 21.1. The Morgan fingerprint density at radius 2 is 1.75 bits per heavy atom. The molecule has 1 heterocycles. The van der Waals surface area contributed by atoms with Crippen molar-refractivity contribution in [3.8, 4) is 22.9 Å². The molecule has 226 valence electrons. The molecule has 44 heavy (non-hydrogen) atoms. The Labute approximate surface area is 267 Å². The molecule has 5 aromatic rings. The minimum Gasteiger partial charge on any atom is -0.496 e. The molecule has 0 aliphatic rings. The number of para-hydroxylation sites is 1. The molecule has 0 amide bonds. The molecule has 0 aliphatic carbocycles. The number of aryl methyl sites for hydroxylation is 1. The van der Waals surface area contributed by atoms with Gasteiger partial charge < -0.3 is 14.4 Å². The molecule has 0 unspecified atom stereocenters. The third-order valence-electron chi connectivity index (χ3n) is 7.40. The van der Waals surface area contributed by atoms with Crippen LogP contribution in [0.1, 0.15) is 42.0 Å². The van der Waals surface area contributed by atoms with Crippen molar-refractivity contribution < 1.29 is 9.47 Å². The number of benzene rings is 4. The topological polar surface area (TPSA) is 69.0 Å². The average molecular weight is 630 g/mol. The highest BCUT2D eigenvalue weighted by Crippen LogP contribution is 2.34. The maximum Gasteiger partial charge on any atom is 0.282 e. The molecular weight excluding hydrogens is 595 g/mol. The molecule has 4 aromatic carbocycles. The fourth-order valence-corrected chi connectivity index (χ4v) is 5.24. The van der Waals surface area contributed by atoms with Gasteiger partial charge in [0.05, 0.1) is 34.3 Å². The largest absolute Gasteiger partial charge is 0.496 e.